The highest BCUT2D eigenvalue weighted by Crippen LogP contribution is 2.28. The van der Waals surface area contributed by atoms with Crippen LogP contribution in [0, 0.1) is 5.82 Å². The first kappa shape index (κ1) is 21.7. The van der Waals surface area contributed by atoms with E-state index in [4.69, 9.17) is 28.6 Å². The van der Waals surface area contributed by atoms with Gasteiger partial charge in [-0.2, -0.15) is 0 Å². The van der Waals surface area contributed by atoms with E-state index < -0.39 is 17.6 Å². The van der Waals surface area contributed by atoms with Crippen LogP contribution in [0.5, 0.6) is 5.75 Å². The number of halogens is 2. The molecule has 8 heteroatoms. The molecule has 0 spiro atoms. The van der Waals surface area contributed by atoms with Crippen molar-refractivity contribution in [1.29, 1.82) is 0 Å². The number of anilines is 1. The molecule has 5 nitrogen and oxygen atoms in total. The molecule has 3 aromatic rings. The smallest absolute Gasteiger partial charge is 0.270 e. The molecule has 0 aromatic heterocycles. The molecule has 0 aliphatic carbocycles. The summed E-state index contributed by atoms with van der Waals surface area (Å²) in [5, 5.41) is 2.91. The molecule has 0 radical (unpaired) electrons. The lowest BCUT2D eigenvalue weighted by Gasteiger charge is -2.29. The number of nitrogens with zero attached hydrogens (tertiary/aromatic N) is 1. The number of carbonyl (C=O) groups is 2. The number of ether oxygens (including phenoxy) is 1. The van der Waals surface area contributed by atoms with Gasteiger partial charge in [0.25, 0.3) is 11.8 Å². The van der Waals surface area contributed by atoms with Crippen molar-refractivity contribution in [2.75, 3.05) is 4.90 Å². The van der Waals surface area contributed by atoms with Gasteiger partial charge in [-0.1, -0.05) is 48.0 Å². The molecule has 0 unspecified atom stereocenters. The van der Waals surface area contributed by atoms with Crippen LogP contribution in [0.4, 0.5) is 10.1 Å². The Balaban J connectivity index is 1.68. The summed E-state index contributed by atoms with van der Waals surface area (Å²) in [6.07, 6.45) is 1.39. The molecule has 160 valence electrons. The Kier molecular flexibility index (Phi) is 6.30. The Hall–Kier alpha value is -3.55. The summed E-state index contributed by atoms with van der Waals surface area (Å²) < 4.78 is 19.7. The fourth-order valence-corrected chi connectivity index (χ4v) is 3.62. The van der Waals surface area contributed by atoms with Crippen molar-refractivity contribution in [3.05, 3.63) is 100 Å². The molecule has 3 aromatic carbocycles. The van der Waals surface area contributed by atoms with E-state index in [2.05, 4.69) is 5.32 Å². The summed E-state index contributed by atoms with van der Waals surface area (Å²) in [7, 11) is 0. The minimum atomic E-state index is -0.632. The fraction of sp³-hybridized carbons (Fsp3) is 0.0417. The molecule has 0 atom stereocenters. The molecular formula is C24H16ClFN2O3S. The molecule has 1 heterocycles. The topological polar surface area (TPSA) is 58.6 Å². The molecule has 2 amide bonds. The van der Waals surface area contributed by atoms with Crippen LogP contribution in [0.2, 0.25) is 5.02 Å². The maximum atomic E-state index is 13.9. The number of para-hydroxylation sites is 1. The summed E-state index contributed by atoms with van der Waals surface area (Å²) >= 11 is 11.3. The van der Waals surface area contributed by atoms with Gasteiger partial charge >= 0.3 is 0 Å². The first-order valence-electron chi connectivity index (χ1n) is 9.56. The maximum Gasteiger partial charge on any atom is 0.270 e. The Morgan fingerprint density at radius 3 is 2.50 bits per heavy atom. The van der Waals surface area contributed by atoms with Crippen LogP contribution in [0.1, 0.15) is 11.1 Å². The number of nitrogens with one attached hydrogen (secondary N) is 1. The molecule has 32 heavy (non-hydrogen) atoms. The van der Waals surface area contributed by atoms with Crippen LogP contribution in [0.15, 0.2) is 78.4 Å². The summed E-state index contributed by atoms with van der Waals surface area (Å²) in [5.74, 6) is -1.27. The lowest BCUT2D eigenvalue weighted by Crippen LogP contribution is -2.54. The zero-order valence-corrected chi connectivity index (χ0v) is 18.1. The minimum absolute atomic E-state index is 0.00882. The standard InChI is InChI=1S/C24H16ClFN2O3S/c25-17-10-11-21(31-14-15-6-4-5-9-20(15)26)16(12-17)13-19-22(29)27-24(32)28(23(19)30)18-7-2-1-3-8-18/h1-13H,14H2,(H,27,29,32)/b19-13-. The van der Waals surface area contributed by atoms with E-state index >= 15 is 0 Å². The van der Waals surface area contributed by atoms with Gasteiger partial charge in [0.1, 0.15) is 23.7 Å². The average Bonchev–Trinajstić information content (AvgIpc) is 2.77. The summed E-state index contributed by atoms with van der Waals surface area (Å²) in [5.41, 5.74) is 1.15. The van der Waals surface area contributed by atoms with Crippen LogP contribution in [0.25, 0.3) is 6.08 Å². The zero-order valence-electron chi connectivity index (χ0n) is 16.5. The zero-order chi connectivity index (χ0) is 22.7. The first-order valence-corrected chi connectivity index (χ1v) is 10.3. The average molecular weight is 467 g/mol. The molecule has 0 bridgehead atoms. The Morgan fingerprint density at radius 2 is 1.75 bits per heavy atom. The van der Waals surface area contributed by atoms with Crippen LogP contribution in [-0.2, 0) is 16.2 Å². The van der Waals surface area contributed by atoms with Crippen LogP contribution in [0.3, 0.4) is 0 Å². The fourth-order valence-electron chi connectivity index (χ4n) is 3.16. The molecular weight excluding hydrogens is 451 g/mol. The highest BCUT2D eigenvalue weighted by Gasteiger charge is 2.34. The predicted molar refractivity (Wildman–Crippen MR) is 125 cm³/mol. The van der Waals surface area contributed by atoms with Crippen molar-refractivity contribution in [3.8, 4) is 5.75 Å². The van der Waals surface area contributed by atoms with Crippen molar-refractivity contribution in [1.82, 2.24) is 5.32 Å². The number of hydrogen-bond donors (Lipinski definition) is 1. The lowest BCUT2D eigenvalue weighted by molar-refractivity contribution is -0.122. The second-order valence-electron chi connectivity index (χ2n) is 6.86. The van der Waals surface area contributed by atoms with E-state index in [1.807, 2.05) is 6.07 Å². The largest absolute Gasteiger partial charge is 0.488 e. The van der Waals surface area contributed by atoms with Gasteiger partial charge < -0.3 is 4.74 Å². The predicted octanol–water partition coefficient (Wildman–Crippen LogP) is 4.89. The molecule has 1 saturated heterocycles. The number of carbonyl (C=O) groups excluding carboxylic acids is 2. The maximum absolute atomic E-state index is 13.9. The van der Waals surface area contributed by atoms with Crippen molar-refractivity contribution < 1.29 is 18.7 Å². The molecule has 0 saturated carbocycles. The Morgan fingerprint density at radius 1 is 1.03 bits per heavy atom. The van der Waals surface area contributed by atoms with Crippen LogP contribution in [-0.4, -0.2) is 16.9 Å². The van der Waals surface area contributed by atoms with E-state index in [0.717, 1.165) is 0 Å². The summed E-state index contributed by atoms with van der Waals surface area (Å²) in [4.78, 5) is 27.0. The molecule has 1 aliphatic rings. The Bertz CT molecular complexity index is 1250. The molecule has 1 N–H and O–H groups in total. The third kappa shape index (κ3) is 4.54. The number of thiocarbonyl (C=S) groups is 1. The van der Waals surface area contributed by atoms with Gasteiger partial charge in [0.05, 0.1) is 5.69 Å². The number of rotatable bonds is 5. The highest BCUT2D eigenvalue weighted by atomic mass is 35.5. The van der Waals surface area contributed by atoms with Crippen LogP contribution < -0.4 is 15.0 Å². The highest BCUT2D eigenvalue weighted by molar-refractivity contribution is 7.80. The normalized spacial score (nSPS) is 15.1. The summed E-state index contributed by atoms with van der Waals surface area (Å²) in [6.45, 7) is -0.0369. The molecule has 1 aliphatic heterocycles. The van der Waals surface area contributed by atoms with Crippen molar-refractivity contribution in [2.24, 2.45) is 0 Å². The van der Waals surface area contributed by atoms with Crippen LogP contribution >= 0.6 is 23.8 Å². The van der Waals surface area contributed by atoms with E-state index in [0.29, 0.717) is 27.6 Å². The third-order valence-electron chi connectivity index (χ3n) is 4.73. The van der Waals surface area contributed by atoms with E-state index in [9.17, 15) is 14.0 Å². The Labute approximate surface area is 194 Å². The minimum Gasteiger partial charge on any atom is -0.488 e. The van der Waals surface area contributed by atoms with Gasteiger partial charge in [0.2, 0.25) is 0 Å². The van der Waals surface area contributed by atoms with Crippen molar-refractivity contribution in [3.63, 3.8) is 0 Å². The number of benzene rings is 3. The van der Waals surface area contributed by atoms with Gasteiger partial charge in [0, 0.05) is 16.1 Å². The second kappa shape index (κ2) is 9.30. The van der Waals surface area contributed by atoms with Gasteiger partial charge in [0.15, 0.2) is 5.11 Å². The number of hydrogen-bond acceptors (Lipinski definition) is 4. The van der Waals surface area contributed by atoms with Gasteiger partial charge in [-0.3, -0.25) is 19.8 Å². The first-order chi connectivity index (χ1) is 15.4. The van der Waals surface area contributed by atoms with Gasteiger partial charge in [-0.05, 0) is 54.7 Å². The molecule has 1 fully saturated rings. The van der Waals surface area contributed by atoms with Crippen molar-refractivity contribution >= 4 is 52.5 Å². The summed E-state index contributed by atoms with van der Waals surface area (Å²) in [6, 6.07) is 19.8. The molecule has 4 rings (SSSR count). The quantitative estimate of drug-likeness (QED) is 0.330. The monoisotopic (exact) mass is 466 g/mol. The van der Waals surface area contributed by atoms with E-state index in [1.54, 1.807) is 60.7 Å². The van der Waals surface area contributed by atoms with E-state index in [-0.39, 0.29) is 17.3 Å². The van der Waals surface area contributed by atoms with Gasteiger partial charge in [-0.15, -0.1) is 0 Å². The lowest BCUT2D eigenvalue weighted by atomic mass is 10.1. The SMILES string of the molecule is O=C1NC(=S)N(c2ccccc2)C(=O)/C1=C\c1cc(Cl)ccc1OCc1ccccc1F. The van der Waals surface area contributed by atoms with Crippen molar-refractivity contribution in [2.45, 2.75) is 6.61 Å². The van der Waals surface area contributed by atoms with E-state index in [1.165, 1.54) is 17.0 Å². The van der Waals surface area contributed by atoms with Gasteiger partial charge in [-0.25, -0.2) is 4.39 Å². The number of amides is 2. The third-order valence-corrected chi connectivity index (χ3v) is 5.25. The second-order valence-corrected chi connectivity index (χ2v) is 7.68.